The van der Waals surface area contributed by atoms with Crippen LogP contribution in [-0.2, 0) is 36.5 Å². The van der Waals surface area contributed by atoms with Gasteiger partial charge in [-0.2, -0.15) is 0 Å². The van der Waals surface area contributed by atoms with Crippen LogP contribution in [-0.4, -0.2) is 23.1 Å². The van der Waals surface area contributed by atoms with E-state index in [4.69, 9.17) is 13.1 Å². The topological polar surface area (TPSA) is 90.4 Å². The third-order valence-electron chi connectivity index (χ3n) is 28.1. The molecule has 17 rings (SSSR count). The summed E-state index contributed by atoms with van der Waals surface area (Å²) in [6, 6.07) is 73.3. The lowest BCUT2D eigenvalue weighted by molar-refractivity contribution is 0.103. The van der Waals surface area contributed by atoms with Gasteiger partial charge in [0.25, 0.3) is 11.4 Å². The van der Waals surface area contributed by atoms with Gasteiger partial charge in [-0.3, -0.25) is 9.59 Å². The number of nitrogens with zero attached hydrogens (tertiary/aromatic N) is 4. The Labute approximate surface area is 815 Å². The van der Waals surface area contributed by atoms with E-state index in [0.717, 1.165) is 106 Å². The summed E-state index contributed by atoms with van der Waals surface area (Å²) in [6.45, 7) is 35.5. The van der Waals surface area contributed by atoms with Crippen LogP contribution in [0.2, 0.25) is 0 Å². The summed E-state index contributed by atoms with van der Waals surface area (Å²) in [7, 11) is 0. The molecule has 132 heavy (non-hydrogen) atoms. The SMILES string of the molecule is [C-]#[N+]/C(C#N)=C1\C(=C\c2cc3c(s2)-c2sc4c(-c5ccc(SCC(CC)CCCC)s5)c5c6c(sc5c(-c5ccc(SCC(CC)CCCC)s5)c4c2C3(c2ccc(CCCCCC)cc2)c2ccc(CCCCCC)cc2)-c2sc(/C=C3\C(=O)c4ccccc4\C3=C(\C#N)[N+]#[C-])cc2C6(c2ccc(CCCCCC)cc2)c2ccc(CCCCCC)cc2)C(=O)c2ccccc21. The van der Waals surface area contributed by atoms with Gasteiger partial charge in [0.1, 0.15) is 0 Å². The van der Waals surface area contributed by atoms with Crippen molar-refractivity contribution in [1.29, 1.82) is 10.5 Å². The number of unbranched alkanes of at least 4 members (excludes halogenated alkanes) is 14. The van der Waals surface area contributed by atoms with Crippen molar-refractivity contribution in [3.8, 4) is 52.5 Å². The quantitative estimate of drug-likeness (QED) is 0.0124. The van der Waals surface area contributed by atoms with Gasteiger partial charge < -0.3 is 0 Å². The number of hydrogen-bond donors (Lipinski definition) is 0. The number of hydrogen-bond acceptors (Lipinski definition) is 12. The summed E-state index contributed by atoms with van der Waals surface area (Å²) in [5.41, 5.74) is 18.9. The van der Waals surface area contributed by atoms with Gasteiger partial charge in [0.05, 0.1) is 64.0 Å². The Morgan fingerprint density at radius 2 is 0.712 bits per heavy atom. The summed E-state index contributed by atoms with van der Waals surface area (Å²) in [6.07, 6.45) is 36.0. The van der Waals surface area contributed by atoms with E-state index in [1.807, 2.05) is 130 Å². The second-order valence-electron chi connectivity index (χ2n) is 36.5. The van der Waals surface area contributed by atoms with Crippen LogP contribution in [0.3, 0.4) is 0 Å². The van der Waals surface area contributed by atoms with Gasteiger partial charge in [-0.15, -0.1) is 91.5 Å². The van der Waals surface area contributed by atoms with Crippen molar-refractivity contribution in [3.63, 3.8) is 0 Å². The number of ketones is 2. The molecule has 0 spiro atoms. The normalized spacial score (nSPS) is 15.6. The molecule has 0 radical (unpaired) electrons. The summed E-state index contributed by atoms with van der Waals surface area (Å²) in [4.78, 5) is 47.3. The fourth-order valence-electron chi connectivity index (χ4n) is 21.0. The highest BCUT2D eigenvalue weighted by Crippen LogP contribution is 2.71. The van der Waals surface area contributed by atoms with Crippen LogP contribution in [0.5, 0.6) is 0 Å². The Hall–Kier alpha value is -9.78. The van der Waals surface area contributed by atoms with Gasteiger partial charge in [0.15, 0.2) is 11.6 Å². The first-order valence-corrected chi connectivity index (χ1v) is 55.6. The minimum atomic E-state index is -0.966. The molecule has 2 unspecified atom stereocenters. The number of rotatable bonds is 42. The van der Waals surface area contributed by atoms with Crippen molar-refractivity contribution in [1.82, 2.24) is 0 Å². The zero-order chi connectivity index (χ0) is 91.6. The molecule has 14 heteroatoms. The largest absolute Gasteiger partial charge is 0.289 e. The number of thiophene rings is 6. The van der Waals surface area contributed by atoms with Crippen LogP contribution in [0.25, 0.3) is 93.6 Å². The molecule has 6 aromatic heterocycles. The average molecular weight is 1880 g/mol. The smallest absolute Gasteiger partial charge is 0.270 e. The molecular weight excluding hydrogens is 1760 g/mol. The van der Waals surface area contributed by atoms with Gasteiger partial charge in [0, 0.05) is 95.7 Å². The molecule has 4 aliphatic carbocycles. The maximum absolute atomic E-state index is 15.4. The number of fused-ring (bicyclic) bond motifs is 12. The summed E-state index contributed by atoms with van der Waals surface area (Å²) >= 11 is 15.4. The predicted molar refractivity (Wildman–Crippen MR) is 569 cm³/mol. The van der Waals surface area contributed by atoms with Crippen molar-refractivity contribution in [2.45, 2.75) is 254 Å². The van der Waals surface area contributed by atoms with E-state index in [2.05, 4.69) is 211 Å². The Morgan fingerprint density at radius 3 is 1.02 bits per heavy atom. The maximum Gasteiger partial charge on any atom is 0.270 e. The van der Waals surface area contributed by atoms with Crippen LogP contribution >= 0.6 is 91.5 Å². The van der Waals surface area contributed by atoms with Crippen molar-refractivity contribution in [2.75, 3.05) is 11.5 Å². The van der Waals surface area contributed by atoms with Crippen LogP contribution in [0, 0.1) is 47.6 Å². The molecule has 0 bridgehead atoms. The van der Waals surface area contributed by atoms with Crippen molar-refractivity contribution >= 4 is 147 Å². The Morgan fingerprint density at radius 1 is 0.386 bits per heavy atom. The number of allylic oxidation sites excluding steroid dienone is 6. The molecular formula is C118H118N4O2S8. The van der Waals surface area contributed by atoms with Crippen LogP contribution < -0.4 is 0 Å². The van der Waals surface area contributed by atoms with Crippen LogP contribution in [0.4, 0.5) is 0 Å². The Kier molecular flexibility index (Phi) is 30.5. The third kappa shape index (κ3) is 18.0. The zero-order valence-electron chi connectivity index (χ0n) is 77.7. The molecule has 0 saturated heterocycles. The number of Topliss-reactive ketones (excluding diaryl/α,β-unsaturated/α-hetero) is 2. The maximum atomic E-state index is 15.4. The Bertz CT molecular complexity index is 6200. The highest BCUT2D eigenvalue weighted by atomic mass is 32.2. The molecule has 2 atom stereocenters. The molecule has 13 aromatic rings. The van der Waals surface area contributed by atoms with E-state index in [0.29, 0.717) is 56.4 Å². The first-order chi connectivity index (χ1) is 64.8. The molecule has 7 aromatic carbocycles. The van der Waals surface area contributed by atoms with E-state index >= 15 is 9.59 Å². The summed E-state index contributed by atoms with van der Waals surface area (Å²) in [5.74, 6) is 2.86. The molecule has 0 N–H and O–H groups in total. The molecule has 670 valence electrons. The highest BCUT2D eigenvalue weighted by Gasteiger charge is 2.55. The molecule has 0 saturated carbocycles. The lowest BCUT2D eigenvalue weighted by Gasteiger charge is -2.35. The average Bonchev–Trinajstić information content (AvgIpc) is 1.48. The molecule has 0 fully saturated rings. The van der Waals surface area contributed by atoms with Crippen molar-refractivity contribution in [3.05, 3.63) is 326 Å². The monoisotopic (exact) mass is 1880 g/mol. The predicted octanol–water partition coefficient (Wildman–Crippen LogP) is 36.4. The highest BCUT2D eigenvalue weighted by molar-refractivity contribution is 8.01. The lowest BCUT2D eigenvalue weighted by Crippen LogP contribution is -2.29. The standard InChI is InChI=1S/C118H118N4O2S8/c1-11-19-25-29-39-77-47-55-81(56-48-77)117(82-57-49-78(50-58-82)40-30-26-20-12-2)93-69-85(67-91-101(95(71-119)121-9)87-43-33-35-45-89(87)109(91)123)127-111(93)115-107(117)105-103(97-63-65-99(129-97)125-73-75(17-7)37-23-15-5)114-106(104(113(105)131-115)98-64-66-100(130-98)126-74-76(18-8)38-24-16-6)108-116(132-114)112-94(70-86(128-112)68-92-102(96(72-120)122-10)88-44-34-36-46-90(88)110(92)124)118(108,83-59-51-79(52-60-83)41-31-27-21-13-3)84-61-53-80(54-62-84)42-32-28-22-14-4/h33-36,43-70,75-76H,11-32,37-42,73-74H2,1-8H3/b91-67-,92-68-,101-95-,102-96+. The van der Waals surface area contributed by atoms with Gasteiger partial charge in [0.2, 0.25) is 0 Å². The molecule has 4 aliphatic rings. The van der Waals surface area contributed by atoms with E-state index in [1.54, 1.807) is 22.7 Å². The first kappa shape index (κ1) is 94.0. The van der Waals surface area contributed by atoms with Gasteiger partial charge in [-0.1, -0.05) is 317 Å². The zero-order valence-corrected chi connectivity index (χ0v) is 84.2. The molecule has 0 amide bonds. The Balaban J connectivity index is 1.05. The van der Waals surface area contributed by atoms with E-state index in [1.165, 1.54) is 230 Å². The second kappa shape index (κ2) is 42.8. The number of carbonyl (C=O) groups excluding carboxylic acids is 2. The van der Waals surface area contributed by atoms with Crippen LogP contribution in [0.15, 0.2) is 213 Å². The number of nitriles is 2. The summed E-state index contributed by atoms with van der Waals surface area (Å²) < 4.78 is 5.08. The number of carbonyl (C=O) groups is 2. The molecule has 6 nitrogen and oxygen atoms in total. The number of thioether (sulfide) groups is 2. The van der Waals surface area contributed by atoms with Gasteiger partial charge >= 0.3 is 0 Å². The molecule has 6 heterocycles. The number of aryl methyl sites for hydroxylation is 4. The minimum absolute atomic E-state index is 0.0954. The van der Waals surface area contributed by atoms with E-state index in [9.17, 15) is 10.5 Å². The van der Waals surface area contributed by atoms with Gasteiger partial charge in [-0.05, 0) is 202 Å². The number of benzene rings is 7. The third-order valence-corrected chi connectivity index (χ3v) is 38.2. The van der Waals surface area contributed by atoms with Crippen molar-refractivity contribution < 1.29 is 9.59 Å². The molecule has 0 aliphatic heterocycles. The van der Waals surface area contributed by atoms with Gasteiger partial charge in [-0.25, -0.2) is 20.2 Å². The first-order valence-electron chi connectivity index (χ1n) is 48.8. The minimum Gasteiger partial charge on any atom is -0.289 e. The van der Waals surface area contributed by atoms with E-state index in [-0.39, 0.29) is 23.0 Å². The van der Waals surface area contributed by atoms with E-state index < -0.39 is 10.8 Å². The summed E-state index contributed by atoms with van der Waals surface area (Å²) in [5, 5.41) is 24.3. The van der Waals surface area contributed by atoms with Crippen molar-refractivity contribution in [2.24, 2.45) is 11.8 Å². The second-order valence-corrected chi connectivity index (χ2v) is 45.6. The van der Waals surface area contributed by atoms with Crippen LogP contribution in [0.1, 0.15) is 318 Å². The fraction of sp³-hybridized carbons (Fsp3) is 0.356. The lowest BCUT2D eigenvalue weighted by atomic mass is 9.66. The fourth-order valence-corrected chi connectivity index (χ4v) is 31.6.